The number of rotatable bonds is 14. The first-order valence-electron chi connectivity index (χ1n) is 28.0. The molecule has 0 saturated heterocycles. The molecule has 4 atom stereocenters. The van der Waals surface area contributed by atoms with Gasteiger partial charge in [-0.2, -0.15) is 0 Å². The van der Waals surface area contributed by atoms with Crippen molar-refractivity contribution < 1.29 is 66.8 Å². The topological polar surface area (TPSA) is 217 Å². The van der Waals surface area contributed by atoms with E-state index in [0.29, 0.717) is 47.9 Å². The molecular formula is C66H52N2O14S2. The number of aliphatic imine (C=N–C) groups is 2. The van der Waals surface area contributed by atoms with Crippen LogP contribution in [0.25, 0.3) is 20.9 Å². The van der Waals surface area contributed by atoms with Gasteiger partial charge in [0, 0.05) is 55.7 Å². The molecule has 4 aliphatic carbocycles. The molecule has 0 N–H and O–H groups in total. The average Bonchev–Trinajstić information content (AvgIpc) is 1.48. The third-order valence-electron chi connectivity index (χ3n) is 16.6. The van der Waals surface area contributed by atoms with Crippen molar-refractivity contribution in [2.24, 2.45) is 33.7 Å². The predicted molar refractivity (Wildman–Crippen MR) is 308 cm³/mol. The molecule has 13 rings (SSSR count). The number of carbonyl (C=O) groups excluding carboxylic acids is 8. The van der Waals surface area contributed by atoms with Gasteiger partial charge in [0.25, 0.3) is 0 Å². The van der Waals surface area contributed by atoms with Gasteiger partial charge >= 0.3 is 35.1 Å². The molecule has 0 amide bonds. The summed E-state index contributed by atoms with van der Waals surface area (Å²) in [5.41, 5.74) is -3.41. The Bertz CT molecular complexity index is 3490. The molecule has 4 heterocycles. The van der Waals surface area contributed by atoms with Gasteiger partial charge in [0.1, 0.15) is 47.9 Å². The van der Waals surface area contributed by atoms with Gasteiger partial charge in [0.05, 0.1) is 0 Å². The molecule has 5 aromatic carbocycles. The van der Waals surface area contributed by atoms with Crippen LogP contribution in [0, 0.1) is 23.7 Å². The molecule has 2 aromatic heterocycles. The number of carbonyl (C=O) groups is 8. The lowest BCUT2D eigenvalue weighted by molar-refractivity contribution is -0.185. The summed E-state index contributed by atoms with van der Waals surface area (Å²) in [7, 11) is 0. The van der Waals surface area contributed by atoms with Crippen molar-refractivity contribution in [3.8, 4) is 32.4 Å². The SMILES string of the molecule is O=C1C(=Nc2cc3c(s2)-c2cc4c(cc2OC3(C(=O)OCc2ccccc2)C(=O)OCc2ccccc2)-c2sc(N=C3C(=O)C5CCCCC5C3=O)cc2C(C(=O)OCc2ccccc2)(C(=O)OCc2ccccc2)O4)C(=O)C2CCCCC12. The normalized spacial score (nSPS) is 20.3. The van der Waals surface area contributed by atoms with Gasteiger partial charge in [-0.1, -0.05) is 147 Å². The van der Waals surface area contributed by atoms with Crippen LogP contribution in [0.4, 0.5) is 10.0 Å². The number of hydrogen-bond acceptors (Lipinski definition) is 18. The number of nitrogens with zero attached hydrogens (tertiary/aromatic N) is 2. The van der Waals surface area contributed by atoms with Crippen molar-refractivity contribution in [2.75, 3.05) is 0 Å². The number of esters is 4. The van der Waals surface area contributed by atoms with E-state index in [1.807, 2.05) is 0 Å². The van der Waals surface area contributed by atoms with Gasteiger partial charge in [-0.05, 0) is 72.2 Å². The fourth-order valence-corrected chi connectivity index (χ4v) is 14.5. The first kappa shape index (κ1) is 54.3. The zero-order valence-electron chi connectivity index (χ0n) is 45.1. The predicted octanol–water partition coefficient (Wildman–Crippen LogP) is 11.4. The summed E-state index contributed by atoms with van der Waals surface area (Å²) in [4.78, 5) is 127. The van der Waals surface area contributed by atoms with E-state index in [0.717, 1.165) is 48.4 Å². The molecule has 6 aliphatic rings. The second kappa shape index (κ2) is 22.3. The van der Waals surface area contributed by atoms with Crippen LogP contribution in [0.5, 0.6) is 11.5 Å². The van der Waals surface area contributed by atoms with Crippen molar-refractivity contribution in [1.82, 2.24) is 0 Å². The summed E-state index contributed by atoms with van der Waals surface area (Å²) in [6.45, 7) is -1.16. The molecule has 4 saturated carbocycles. The third-order valence-corrected chi connectivity index (χ3v) is 18.7. The van der Waals surface area contributed by atoms with Crippen LogP contribution in [-0.4, -0.2) is 58.4 Å². The van der Waals surface area contributed by atoms with Crippen molar-refractivity contribution in [1.29, 1.82) is 0 Å². The smallest absolute Gasteiger partial charge is 0.367 e. The standard InChI is InChI=1S/C66H52N2O14S2/c69-55-41-25-13-14-26-42(41)56(70)53(55)67-51-31-47-59(83-51)45-30-50-46(29-49(45)81-65(47,61(73)77-33-37-17-5-1-6-18-37)62(74)78-34-38-19-7-2-8-20-38)60-48(32-52(84-60)68-54-57(71)43-27-15-16-28-44(43)58(54)72)66(82-50,63(75)79-35-39-21-9-3-10-22-39)64(76)80-36-40-23-11-4-12-24-40/h1-12,17-24,29-32,41-44H,13-16,25-28,33-36H2. The van der Waals surface area contributed by atoms with E-state index >= 15 is 19.2 Å². The lowest BCUT2D eigenvalue weighted by Crippen LogP contribution is -2.52. The fraction of sp³-hybridized carbons (Fsp3) is 0.273. The van der Waals surface area contributed by atoms with Gasteiger partial charge in [0.2, 0.25) is 0 Å². The van der Waals surface area contributed by atoms with E-state index in [9.17, 15) is 19.2 Å². The minimum absolute atomic E-state index is 0.0741. The Hall–Kier alpha value is -9.00. The minimum atomic E-state index is -2.73. The van der Waals surface area contributed by atoms with Gasteiger partial charge in [0.15, 0.2) is 34.6 Å². The zero-order chi connectivity index (χ0) is 57.7. The van der Waals surface area contributed by atoms with Crippen molar-refractivity contribution in [2.45, 2.75) is 89.0 Å². The van der Waals surface area contributed by atoms with Gasteiger partial charge in [-0.25, -0.2) is 29.2 Å². The molecule has 0 radical (unpaired) electrons. The Morgan fingerprint density at radius 3 is 0.964 bits per heavy atom. The number of thiophene rings is 2. The van der Waals surface area contributed by atoms with Gasteiger partial charge in [-0.3, -0.25) is 19.2 Å². The Kier molecular flexibility index (Phi) is 14.4. The molecule has 0 bridgehead atoms. The third kappa shape index (κ3) is 9.56. The second-order valence-electron chi connectivity index (χ2n) is 21.7. The Labute approximate surface area is 489 Å². The van der Waals surface area contributed by atoms with Crippen LogP contribution >= 0.6 is 22.7 Å². The number of ether oxygens (including phenoxy) is 6. The Balaban J connectivity index is 1.00. The summed E-state index contributed by atoms with van der Waals surface area (Å²) < 4.78 is 37.9. The summed E-state index contributed by atoms with van der Waals surface area (Å²) >= 11 is 1.91. The molecule has 16 nitrogen and oxygen atoms in total. The van der Waals surface area contributed by atoms with E-state index in [-0.39, 0.29) is 114 Å². The largest absolute Gasteiger partial charge is 0.459 e. The molecule has 422 valence electrons. The van der Waals surface area contributed by atoms with Crippen LogP contribution in [-0.2, 0) is 94.9 Å². The van der Waals surface area contributed by atoms with E-state index in [1.54, 1.807) is 121 Å². The van der Waals surface area contributed by atoms with E-state index in [4.69, 9.17) is 38.4 Å². The first-order valence-corrected chi connectivity index (χ1v) is 29.6. The second-order valence-corrected chi connectivity index (χ2v) is 23.7. The molecule has 7 aromatic rings. The minimum Gasteiger partial charge on any atom is -0.459 e. The van der Waals surface area contributed by atoms with Crippen LogP contribution in [0.3, 0.4) is 0 Å². The number of fused-ring (bicyclic) bond motifs is 8. The number of ketones is 4. The number of hydrogen-bond donors (Lipinski definition) is 0. The molecule has 0 spiro atoms. The Morgan fingerprint density at radius 2 is 0.690 bits per heavy atom. The fourth-order valence-electron chi connectivity index (χ4n) is 12.3. The van der Waals surface area contributed by atoms with Crippen LogP contribution in [0.2, 0.25) is 0 Å². The Morgan fingerprint density at radius 1 is 0.417 bits per heavy atom. The molecule has 2 aliphatic heterocycles. The van der Waals surface area contributed by atoms with Crippen LogP contribution < -0.4 is 9.47 Å². The van der Waals surface area contributed by atoms with Crippen LogP contribution in [0.15, 0.2) is 156 Å². The quantitative estimate of drug-likeness (QED) is 0.0562. The molecule has 18 heteroatoms. The van der Waals surface area contributed by atoms with Crippen molar-refractivity contribution in [3.63, 3.8) is 0 Å². The highest BCUT2D eigenvalue weighted by atomic mass is 32.1. The summed E-state index contributed by atoms with van der Waals surface area (Å²) in [6.07, 6.45) is 5.35. The summed E-state index contributed by atoms with van der Waals surface area (Å²) in [5.74, 6) is -8.40. The summed E-state index contributed by atoms with van der Waals surface area (Å²) in [5, 5.41) is 0.148. The molecular weight excluding hydrogens is 1110 g/mol. The van der Waals surface area contributed by atoms with Crippen LogP contribution in [0.1, 0.15) is 84.7 Å². The maximum absolute atomic E-state index is 15.3. The van der Waals surface area contributed by atoms with Crippen molar-refractivity contribution >= 4 is 91.1 Å². The number of Topliss-reactive ketones (excluding diaryl/α,β-unsaturated/α-hetero) is 4. The maximum atomic E-state index is 15.3. The highest BCUT2D eigenvalue weighted by Crippen LogP contribution is 2.59. The number of benzene rings is 5. The monoisotopic (exact) mass is 1160 g/mol. The molecule has 4 unspecified atom stereocenters. The lowest BCUT2D eigenvalue weighted by Gasteiger charge is -2.37. The maximum Gasteiger partial charge on any atom is 0.367 e. The summed E-state index contributed by atoms with van der Waals surface area (Å²) in [6, 6.07) is 41.1. The van der Waals surface area contributed by atoms with Gasteiger partial charge < -0.3 is 28.4 Å². The molecule has 4 fully saturated rings. The van der Waals surface area contributed by atoms with E-state index < -0.39 is 58.8 Å². The highest BCUT2D eigenvalue weighted by molar-refractivity contribution is 7.20. The van der Waals surface area contributed by atoms with Crippen molar-refractivity contribution in [3.05, 3.63) is 179 Å². The van der Waals surface area contributed by atoms with Gasteiger partial charge in [-0.15, -0.1) is 22.7 Å². The average molecular weight is 1160 g/mol. The van der Waals surface area contributed by atoms with E-state index in [1.165, 1.54) is 24.3 Å². The molecule has 84 heavy (non-hydrogen) atoms. The highest BCUT2D eigenvalue weighted by Gasteiger charge is 2.62. The first-order chi connectivity index (χ1) is 40.9. The lowest BCUT2D eigenvalue weighted by atomic mass is 9.81. The van der Waals surface area contributed by atoms with E-state index in [2.05, 4.69) is 0 Å². The zero-order valence-corrected chi connectivity index (χ0v) is 46.7.